The van der Waals surface area contributed by atoms with Crippen molar-refractivity contribution in [1.82, 2.24) is 15.3 Å². The van der Waals surface area contributed by atoms with Gasteiger partial charge in [-0.25, -0.2) is 0 Å². The average Bonchev–Trinajstić information content (AvgIpc) is 3.39. The van der Waals surface area contributed by atoms with E-state index in [9.17, 15) is 9.59 Å². The lowest BCUT2D eigenvalue weighted by molar-refractivity contribution is -0.110. The predicted molar refractivity (Wildman–Crippen MR) is 139 cm³/mol. The third kappa shape index (κ3) is 4.61. The fourth-order valence-corrected chi connectivity index (χ4v) is 4.48. The Morgan fingerprint density at radius 1 is 1.11 bits per heavy atom. The van der Waals surface area contributed by atoms with Gasteiger partial charge in [0.1, 0.15) is 0 Å². The van der Waals surface area contributed by atoms with Gasteiger partial charge in [0.05, 0.1) is 11.1 Å². The molecule has 0 fully saturated rings. The lowest BCUT2D eigenvalue weighted by Gasteiger charge is -2.09. The maximum atomic E-state index is 12.9. The molecule has 4 aromatic rings. The number of nitrogens with one attached hydrogen (secondary N) is 3. The molecule has 6 nitrogen and oxygen atoms in total. The van der Waals surface area contributed by atoms with Crippen LogP contribution in [0, 0.1) is 6.92 Å². The van der Waals surface area contributed by atoms with Gasteiger partial charge in [0.15, 0.2) is 0 Å². The fraction of sp³-hybridized carbons (Fsp3) is 0.107. The van der Waals surface area contributed by atoms with Gasteiger partial charge < -0.3 is 15.6 Å². The third-order valence-electron chi connectivity index (χ3n) is 6.12. The number of carbonyl (C=O) groups is 2. The number of hydrogen-bond donors (Lipinski definition) is 3. The zero-order valence-corrected chi connectivity index (χ0v) is 19.8. The van der Waals surface area contributed by atoms with Gasteiger partial charge in [0.25, 0.3) is 11.8 Å². The number of carbonyl (C=O) groups excluding carboxylic acids is 2. The molecule has 3 N–H and O–H groups in total. The van der Waals surface area contributed by atoms with Gasteiger partial charge in [-0.3, -0.25) is 14.6 Å². The van der Waals surface area contributed by atoms with Gasteiger partial charge in [-0.2, -0.15) is 0 Å². The molecule has 2 aromatic heterocycles. The van der Waals surface area contributed by atoms with Gasteiger partial charge in [0.2, 0.25) is 0 Å². The number of aromatic amines is 1. The van der Waals surface area contributed by atoms with E-state index >= 15 is 0 Å². The van der Waals surface area contributed by atoms with Gasteiger partial charge in [0, 0.05) is 47.1 Å². The summed E-state index contributed by atoms with van der Waals surface area (Å²) >= 11 is 6.22. The molecule has 0 aliphatic carbocycles. The fourth-order valence-electron chi connectivity index (χ4n) is 4.29. The Morgan fingerprint density at radius 3 is 2.71 bits per heavy atom. The normalized spacial score (nSPS) is 13.5. The Kier molecular flexibility index (Phi) is 6.21. The monoisotopic (exact) mass is 482 g/mol. The van der Waals surface area contributed by atoms with E-state index in [1.54, 1.807) is 24.7 Å². The van der Waals surface area contributed by atoms with E-state index < -0.39 is 0 Å². The number of aromatic nitrogens is 2. The molecule has 0 spiro atoms. The smallest absolute Gasteiger partial charge is 0.256 e. The van der Waals surface area contributed by atoms with E-state index in [1.165, 1.54) is 0 Å². The molecule has 0 bridgehead atoms. The summed E-state index contributed by atoms with van der Waals surface area (Å²) in [5.41, 5.74) is 7.08. The van der Waals surface area contributed by atoms with Crippen LogP contribution in [-0.4, -0.2) is 28.3 Å². The van der Waals surface area contributed by atoms with Crippen LogP contribution < -0.4 is 10.6 Å². The van der Waals surface area contributed by atoms with Crippen LogP contribution in [0.15, 0.2) is 73.2 Å². The van der Waals surface area contributed by atoms with Gasteiger partial charge in [-0.1, -0.05) is 35.9 Å². The Balaban J connectivity index is 1.42. The summed E-state index contributed by atoms with van der Waals surface area (Å²) < 4.78 is 0. The van der Waals surface area contributed by atoms with Crippen LogP contribution in [-0.2, 0) is 11.2 Å². The second kappa shape index (κ2) is 9.60. The van der Waals surface area contributed by atoms with E-state index in [0.29, 0.717) is 28.4 Å². The number of nitrogens with zero attached hydrogens (tertiary/aromatic N) is 1. The molecule has 0 saturated carbocycles. The highest BCUT2D eigenvalue weighted by Crippen LogP contribution is 2.41. The lowest BCUT2D eigenvalue weighted by atomic mass is 9.94. The number of hydrogen-bond acceptors (Lipinski definition) is 3. The molecular formula is C28H23ClN4O2. The number of pyridine rings is 1. The van der Waals surface area contributed by atoms with Crippen molar-refractivity contribution in [3.63, 3.8) is 0 Å². The van der Waals surface area contributed by atoms with Crippen LogP contribution in [0.3, 0.4) is 0 Å². The van der Waals surface area contributed by atoms with E-state index in [0.717, 1.165) is 39.9 Å². The first kappa shape index (κ1) is 22.6. The molecule has 1 aliphatic rings. The summed E-state index contributed by atoms with van der Waals surface area (Å²) in [5.74, 6) is -0.347. The van der Waals surface area contributed by atoms with Crippen molar-refractivity contribution >= 4 is 40.8 Å². The standard InChI is InChI=1S/C28H23ClN4O2/c1-17-23(27(34)31-13-10-18-8-11-30-12-9-18)16-32-25(17)15-22-26-21(19-4-2-5-20(29)14-19)6-3-7-24(26)33-28(22)35/h2-9,11-12,14-16,32H,10,13H2,1H3,(H,31,34)(H,33,35)/b22-15-. The Morgan fingerprint density at radius 2 is 1.91 bits per heavy atom. The van der Waals surface area contributed by atoms with Crippen molar-refractivity contribution in [2.45, 2.75) is 13.3 Å². The number of fused-ring (bicyclic) bond motifs is 1. The van der Waals surface area contributed by atoms with Gasteiger partial charge in [-0.15, -0.1) is 0 Å². The molecule has 7 heteroatoms. The largest absolute Gasteiger partial charge is 0.361 e. The second-order valence-electron chi connectivity index (χ2n) is 8.35. The van der Waals surface area contributed by atoms with E-state index in [2.05, 4.69) is 20.6 Å². The summed E-state index contributed by atoms with van der Waals surface area (Å²) in [5, 5.41) is 6.54. The minimum atomic E-state index is -0.188. The molecule has 0 unspecified atom stereocenters. The quantitative estimate of drug-likeness (QED) is 0.317. The average molecular weight is 483 g/mol. The minimum absolute atomic E-state index is 0.159. The van der Waals surface area contributed by atoms with Crippen LogP contribution in [0.4, 0.5) is 5.69 Å². The Hall–Kier alpha value is -4.16. The van der Waals surface area contributed by atoms with Crippen molar-refractivity contribution in [3.05, 3.63) is 106 Å². The van der Waals surface area contributed by atoms with Crippen molar-refractivity contribution in [3.8, 4) is 11.1 Å². The maximum absolute atomic E-state index is 12.9. The van der Waals surface area contributed by atoms with Crippen LogP contribution in [0.25, 0.3) is 22.8 Å². The Bertz CT molecular complexity index is 1460. The van der Waals surface area contributed by atoms with Crippen molar-refractivity contribution in [1.29, 1.82) is 0 Å². The topological polar surface area (TPSA) is 86.9 Å². The van der Waals surface area contributed by atoms with Crippen molar-refractivity contribution in [2.75, 3.05) is 11.9 Å². The number of rotatable bonds is 6. The molecular weight excluding hydrogens is 460 g/mol. The van der Waals surface area contributed by atoms with Crippen LogP contribution in [0.1, 0.15) is 32.7 Å². The van der Waals surface area contributed by atoms with E-state index in [1.807, 2.05) is 61.5 Å². The molecule has 0 radical (unpaired) electrons. The van der Waals surface area contributed by atoms with Crippen LogP contribution in [0.2, 0.25) is 5.02 Å². The molecule has 2 amide bonds. The maximum Gasteiger partial charge on any atom is 0.256 e. The van der Waals surface area contributed by atoms with Crippen LogP contribution >= 0.6 is 11.6 Å². The van der Waals surface area contributed by atoms with Crippen molar-refractivity contribution in [2.24, 2.45) is 0 Å². The first-order valence-corrected chi connectivity index (χ1v) is 11.7. The second-order valence-corrected chi connectivity index (χ2v) is 8.79. The van der Waals surface area contributed by atoms with E-state index in [-0.39, 0.29) is 11.8 Å². The molecule has 174 valence electrons. The summed E-state index contributed by atoms with van der Waals surface area (Å²) in [4.78, 5) is 32.9. The molecule has 3 heterocycles. The molecule has 1 aliphatic heterocycles. The zero-order chi connectivity index (χ0) is 24.4. The third-order valence-corrected chi connectivity index (χ3v) is 6.36. The SMILES string of the molecule is Cc1c(C(=O)NCCc2ccncc2)c[nH]c1/C=C1\C(=O)Nc2cccc(-c3cccc(Cl)c3)c21. The highest BCUT2D eigenvalue weighted by Gasteiger charge is 2.28. The molecule has 5 rings (SSSR count). The number of amides is 2. The molecule has 0 atom stereocenters. The van der Waals surface area contributed by atoms with E-state index in [4.69, 9.17) is 11.6 Å². The highest BCUT2D eigenvalue weighted by molar-refractivity contribution is 6.36. The summed E-state index contributed by atoms with van der Waals surface area (Å²) in [6.07, 6.45) is 7.68. The number of anilines is 1. The number of benzene rings is 2. The highest BCUT2D eigenvalue weighted by atomic mass is 35.5. The molecule has 0 saturated heterocycles. The lowest BCUT2D eigenvalue weighted by Crippen LogP contribution is -2.25. The number of H-pyrrole nitrogens is 1. The first-order valence-electron chi connectivity index (χ1n) is 11.3. The van der Waals surface area contributed by atoms with Crippen molar-refractivity contribution < 1.29 is 9.59 Å². The molecule has 35 heavy (non-hydrogen) atoms. The van der Waals surface area contributed by atoms with Crippen LogP contribution in [0.5, 0.6) is 0 Å². The summed E-state index contributed by atoms with van der Waals surface area (Å²) in [7, 11) is 0. The Labute approximate surface area is 208 Å². The van der Waals surface area contributed by atoms with Gasteiger partial charge in [-0.05, 0) is 72.0 Å². The number of halogens is 1. The minimum Gasteiger partial charge on any atom is -0.361 e. The molecule has 2 aromatic carbocycles. The summed E-state index contributed by atoms with van der Waals surface area (Å²) in [6.45, 7) is 2.39. The van der Waals surface area contributed by atoms with Gasteiger partial charge >= 0.3 is 0 Å². The summed E-state index contributed by atoms with van der Waals surface area (Å²) in [6, 6.07) is 17.2. The predicted octanol–water partition coefficient (Wildman–Crippen LogP) is 5.50. The zero-order valence-electron chi connectivity index (χ0n) is 19.1. The first-order chi connectivity index (χ1) is 17.0.